The molecule has 0 unspecified atom stereocenters. The number of nitrogens with one attached hydrogen (secondary N) is 2. The number of aliphatic imine (C=N–C) groups is 1. The van der Waals surface area contributed by atoms with Gasteiger partial charge in [-0.1, -0.05) is 19.1 Å². The molecule has 134 valence electrons. The van der Waals surface area contributed by atoms with Gasteiger partial charge in [0.15, 0.2) is 5.96 Å². The Bertz CT molecular complexity index is 556. The van der Waals surface area contributed by atoms with E-state index in [1.165, 1.54) is 0 Å². The second-order valence-electron chi connectivity index (χ2n) is 5.80. The van der Waals surface area contributed by atoms with Crippen LogP contribution in [0, 0.1) is 6.92 Å². The van der Waals surface area contributed by atoms with Crippen molar-refractivity contribution >= 4 is 11.9 Å². The van der Waals surface area contributed by atoms with E-state index in [9.17, 15) is 4.79 Å². The van der Waals surface area contributed by atoms with Crippen LogP contribution in [0.4, 0.5) is 0 Å². The minimum Gasteiger partial charge on any atom is -0.493 e. The second kappa shape index (κ2) is 10.5. The largest absolute Gasteiger partial charge is 0.493 e. The number of amides is 1. The number of likely N-dealkylation sites (N-methyl/N-ethyl adjacent to an activating group) is 1. The van der Waals surface area contributed by atoms with Crippen molar-refractivity contribution in [3.63, 3.8) is 0 Å². The lowest BCUT2D eigenvalue weighted by molar-refractivity contribution is -0.127. The van der Waals surface area contributed by atoms with Crippen molar-refractivity contribution in [2.75, 3.05) is 33.8 Å². The fourth-order valence-electron chi connectivity index (χ4n) is 1.96. The SMILES string of the molecule is CCCOc1cc(C)ccc1CN=C(NCC)NCC(=O)N(C)C. The first kappa shape index (κ1) is 19.8. The summed E-state index contributed by atoms with van der Waals surface area (Å²) in [4.78, 5) is 17.8. The highest BCUT2D eigenvalue weighted by molar-refractivity contribution is 5.86. The van der Waals surface area contributed by atoms with Gasteiger partial charge in [0.1, 0.15) is 5.75 Å². The van der Waals surface area contributed by atoms with E-state index in [1.807, 2.05) is 26.0 Å². The summed E-state index contributed by atoms with van der Waals surface area (Å²) >= 11 is 0. The van der Waals surface area contributed by atoms with Gasteiger partial charge in [-0.2, -0.15) is 0 Å². The number of rotatable bonds is 8. The normalized spacial score (nSPS) is 11.1. The van der Waals surface area contributed by atoms with Crippen molar-refractivity contribution in [1.29, 1.82) is 0 Å². The first-order valence-electron chi connectivity index (χ1n) is 8.42. The summed E-state index contributed by atoms with van der Waals surface area (Å²) in [6, 6.07) is 6.13. The maximum atomic E-state index is 11.7. The number of hydrogen-bond donors (Lipinski definition) is 2. The smallest absolute Gasteiger partial charge is 0.241 e. The number of carbonyl (C=O) groups excluding carboxylic acids is 1. The molecule has 2 N–H and O–H groups in total. The third kappa shape index (κ3) is 6.89. The quantitative estimate of drug-likeness (QED) is 0.563. The van der Waals surface area contributed by atoms with Crippen LogP contribution in [0.15, 0.2) is 23.2 Å². The minimum absolute atomic E-state index is 0.00269. The summed E-state index contributed by atoms with van der Waals surface area (Å²) in [6.07, 6.45) is 0.966. The zero-order valence-electron chi connectivity index (χ0n) is 15.5. The highest BCUT2D eigenvalue weighted by Gasteiger charge is 2.07. The molecule has 0 spiro atoms. The van der Waals surface area contributed by atoms with Crippen molar-refractivity contribution < 1.29 is 9.53 Å². The minimum atomic E-state index is 0.00269. The molecule has 0 heterocycles. The van der Waals surface area contributed by atoms with E-state index in [1.54, 1.807) is 19.0 Å². The molecule has 1 aromatic carbocycles. The highest BCUT2D eigenvalue weighted by atomic mass is 16.5. The van der Waals surface area contributed by atoms with Crippen LogP contribution in [0.25, 0.3) is 0 Å². The summed E-state index contributed by atoms with van der Waals surface area (Å²) in [7, 11) is 3.47. The number of nitrogens with zero attached hydrogens (tertiary/aromatic N) is 2. The Morgan fingerprint density at radius 3 is 2.62 bits per heavy atom. The summed E-state index contributed by atoms with van der Waals surface area (Å²) in [5.74, 6) is 1.50. The number of guanidine groups is 1. The van der Waals surface area contributed by atoms with Gasteiger partial charge in [-0.3, -0.25) is 4.79 Å². The van der Waals surface area contributed by atoms with Crippen LogP contribution in [-0.4, -0.2) is 50.6 Å². The van der Waals surface area contributed by atoms with Gasteiger partial charge in [-0.15, -0.1) is 0 Å². The lowest BCUT2D eigenvalue weighted by Gasteiger charge is -2.15. The topological polar surface area (TPSA) is 66.0 Å². The lowest BCUT2D eigenvalue weighted by Crippen LogP contribution is -2.42. The van der Waals surface area contributed by atoms with Crippen LogP contribution in [0.1, 0.15) is 31.4 Å². The second-order valence-corrected chi connectivity index (χ2v) is 5.80. The highest BCUT2D eigenvalue weighted by Crippen LogP contribution is 2.21. The Morgan fingerprint density at radius 2 is 2.00 bits per heavy atom. The van der Waals surface area contributed by atoms with Gasteiger partial charge < -0.3 is 20.3 Å². The molecule has 0 aliphatic heterocycles. The first-order valence-corrected chi connectivity index (χ1v) is 8.42. The number of hydrogen-bond acceptors (Lipinski definition) is 3. The molecule has 1 aromatic rings. The average Bonchev–Trinajstić information content (AvgIpc) is 2.56. The van der Waals surface area contributed by atoms with E-state index in [4.69, 9.17) is 4.74 Å². The summed E-state index contributed by atoms with van der Waals surface area (Å²) in [5.41, 5.74) is 2.20. The number of ether oxygens (including phenoxy) is 1. The van der Waals surface area contributed by atoms with Crippen LogP contribution < -0.4 is 15.4 Å². The molecule has 0 aromatic heterocycles. The molecule has 24 heavy (non-hydrogen) atoms. The van der Waals surface area contributed by atoms with Crippen LogP contribution >= 0.6 is 0 Å². The molecule has 6 heteroatoms. The van der Waals surface area contributed by atoms with Gasteiger partial charge in [0.05, 0.1) is 19.7 Å². The third-order valence-corrected chi connectivity index (χ3v) is 3.34. The van der Waals surface area contributed by atoms with E-state index >= 15 is 0 Å². The van der Waals surface area contributed by atoms with Crippen LogP contribution in [0.3, 0.4) is 0 Å². The fourth-order valence-corrected chi connectivity index (χ4v) is 1.96. The Kier molecular flexibility index (Phi) is 8.68. The molecule has 1 amide bonds. The monoisotopic (exact) mass is 334 g/mol. The van der Waals surface area contributed by atoms with E-state index in [0.29, 0.717) is 19.1 Å². The van der Waals surface area contributed by atoms with Crippen LogP contribution in [0.2, 0.25) is 0 Å². The zero-order valence-corrected chi connectivity index (χ0v) is 15.5. The Morgan fingerprint density at radius 1 is 1.25 bits per heavy atom. The molecule has 1 rings (SSSR count). The van der Waals surface area contributed by atoms with E-state index in [-0.39, 0.29) is 12.5 Å². The molecule has 6 nitrogen and oxygen atoms in total. The van der Waals surface area contributed by atoms with Crippen LogP contribution in [0.5, 0.6) is 5.75 Å². The van der Waals surface area contributed by atoms with E-state index in [2.05, 4.69) is 28.6 Å². The molecule has 0 aliphatic carbocycles. The molecular formula is C18H30N4O2. The lowest BCUT2D eigenvalue weighted by atomic mass is 10.1. The maximum absolute atomic E-state index is 11.7. The van der Waals surface area contributed by atoms with Crippen molar-refractivity contribution in [1.82, 2.24) is 15.5 Å². The zero-order chi connectivity index (χ0) is 17.9. The predicted molar refractivity (Wildman–Crippen MR) is 98.5 cm³/mol. The fraction of sp³-hybridized carbons (Fsp3) is 0.556. The van der Waals surface area contributed by atoms with Gasteiger partial charge in [0, 0.05) is 26.2 Å². The summed E-state index contributed by atoms with van der Waals surface area (Å²) < 4.78 is 5.82. The first-order chi connectivity index (χ1) is 11.5. The molecular weight excluding hydrogens is 304 g/mol. The molecule has 0 saturated carbocycles. The van der Waals surface area contributed by atoms with Gasteiger partial charge in [0.2, 0.25) is 5.91 Å². The Hall–Kier alpha value is -2.24. The number of benzene rings is 1. The van der Waals surface area contributed by atoms with Gasteiger partial charge in [-0.05, 0) is 31.9 Å². The molecule has 0 aliphatic rings. The summed E-state index contributed by atoms with van der Waals surface area (Å²) in [6.45, 7) is 8.25. The van der Waals surface area contributed by atoms with Crippen molar-refractivity contribution in [2.45, 2.75) is 33.7 Å². The molecule has 0 bridgehead atoms. The van der Waals surface area contributed by atoms with Gasteiger partial charge in [-0.25, -0.2) is 4.99 Å². The number of aryl methyl sites for hydroxylation is 1. The third-order valence-electron chi connectivity index (χ3n) is 3.34. The molecule has 0 radical (unpaired) electrons. The maximum Gasteiger partial charge on any atom is 0.241 e. The molecule has 0 fully saturated rings. The van der Waals surface area contributed by atoms with Gasteiger partial charge >= 0.3 is 0 Å². The Labute approximate surface area is 145 Å². The van der Waals surface area contributed by atoms with Crippen molar-refractivity contribution in [3.8, 4) is 5.75 Å². The molecule has 0 atom stereocenters. The van der Waals surface area contributed by atoms with Gasteiger partial charge in [0.25, 0.3) is 0 Å². The van der Waals surface area contributed by atoms with Crippen molar-refractivity contribution in [3.05, 3.63) is 29.3 Å². The Balaban J connectivity index is 2.79. The number of carbonyl (C=O) groups is 1. The molecule has 0 saturated heterocycles. The standard InChI is InChI=1S/C18H30N4O2/c1-6-10-24-16-11-14(3)8-9-15(16)12-20-18(19-7-2)21-13-17(23)22(4)5/h8-9,11H,6-7,10,12-13H2,1-5H3,(H2,19,20,21). The van der Waals surface area contributed by atoms with E-state index < -0.39 is 0 Å². The average molecular weight is 334 g/mol. The van der Waals surface area contributed by atoms with Crippen molar-refractivity contribution in [2.24, 2.45) is 4.99 Å². The summed E-state index contributed by atoms with van der Waals surface area (Å²) in [5, 5.41) is 6.20. The van der Waals surface area contributed by atoms with Crippen LogP contribution in [-0.2, 0) is 11.3 Å². The predicted octanol–water partition coefficient (Wildman–Crippen LogP) is 1.93. The van der Waals surface area contributed by atoms with E-state index in [0.717, 1.165) is 29.8 Å².